The van der Waals surface area contributed by atoms with E-state index in [1.54, 1.807) is 14.2 Å². The van der Waals surface area contributed by atoms with Gasteiger partial charge in [0.2, 0.25) is 0 Å². The van der Waals surface area contributed by atoms with Crippen molar-refractivity contribution in [3.8, 4) is 11.5 Å². The van der Waals surface area contributed by atoms with Crippen molar-refractivity contribution in [3.63, 3.8) is 0 Å². The van der Waals surface area contributed by atoms with Crippen molar-refractivity contribution < 1.29 is 18.9 Å². The highest BCUT2D eigenvalue weighted by Gasteiger charge is 2.26. The number of hydrogen-bond donors (Lipinski definition) is 0. The summed E-state index contributed by atoms with van der Waals surface area (Å²) >= 11 is 12.3. The lowest BCUT2D eigenvalue weighted by Gasteiger charge is -2.19. The van der Waals surface area contributed by atoms with Gasteiger partial charge < -0.3 is 18.9 Å². The summed E-state index contributed by atoms with van der Waals surface area (Å²) in [5.41, 5.74) is -0.354. The first kappa shape index (κ1) is 26.2. The second-order valence-corrected chi connectivity index (χ2v) is 7.98. The van der Waals surface area contributed by atoms with E-state index in [1.807, 2.05) is 0 Å². The Hall–Kier alpha value is -2.40. The van der Waals surface area contributed by atoms with Gasteiger partial charge in [0.1, 0.15) is 33.5 Å². The van der Waals surface area contributed by atoms with Crippen LogP contribution in [0, 0.1) is 0 Å². The van der Waals surface area contributed by atoms with Gasteiger partial charge in [0.05, 0.1) is 26.0 Å². The molecule has 1 aromatic carbocycles. The van der Waals surface area contributed by atoms with E-state index in [0.717, 1.165) is 0 Å². The van der Waals surface area contributed by atoms with E-state index in [0.29, 0.717) is 50.8 Å². The van der Waals surface area contributed by atoms with Crippen LogP contribution in [0.15, 0.2) is 9.59 Å². The maximum absolute atomic E-state index is 13.6. The Morgan fingerprint density at radius 2 is 1.09 bits per heavy atom. The van der Waals surface area contributed by atoms with Gasteiger partial charge >= 0.3 is 0 Å². The molecule has 0 amide bonds. The highest BCUT2D eigenvalue weighted by atomic mass is 35.5. The molecule has 3 rings (SSSR count). The van der Waals surface area contributed by atoms with Crippen LogP contribution in [0.2, 0.25) is 0 Å². The van der Waals surface area contributed by atoms with Crippen LogP contribution < -0.4 is 20.6 Å². The zero-order chi connectivity index (χ0) is 24.8. The Bertz CT molecular complexity index is 1190. The largest absolute Gasteiger partial charge is 0.494 e. The second kappa shape index (κ2) is 11.8. The van der Waals surface area contributed by atoms with Crippen LogP contribution in [0.1, 0.15) is 24.5 Å². The molecule has 0 spiro atoms. The van der Waals surface area contributed by atoms with Gasteiger partial charge in [-0.05, 0) is 12.8 Å². The third kappa shape index (κ3) is 4.72. The third-order valence-corrected chi connectivity index (χ3v) is 5.97. The van der Waals surface area contributed by atoms with Gasteiger partial charge in [-0.25, -0.2) is 9.97 Å². The van der Waals surface area contributed by atoms with Gasteiger partial charge in [0.25, 0.3) is 11.1 Å². The summed E-state index contributed by atoms with van der Waals surface area (Å²) in [4.78, 5) is 36.5. The molecule has 0 fully saturated rings. The number of benzene rings is 1. The highest BCUT2D eigenvalue weighted by molar-refractivity contribution is 6.17. The average molecular weight is 515 g/mol. The maximum atomic E-state index is 13.6. The van der Waals surface area contributed by atoms with Crippen molar-refractivity contribution in [3.05, 3.63) is 32.4 Å². The van der Waals surface area contributed by atoms with Gasteiger partial charge in [0, 0.05) is 40.5 Å². The Morgan fingerprint density at radius 1 is 0.706 bits per heavy atom. The molecule has 0 radical (unpaired) electrons. The fraction of sp³-hybridized carbons (Fsp3) is 0.545. The number of aromatic nitrogens is 4. The van der Waals surface area contributed by atoms with Crippen LogP contribution in [-0.4, -0.2) is 60.8 Å². The molecule has 0 bridgehead atoms. The Labute approximate surface area is 206 Å². The summed E-state index contributed by atoms with van der Waals surface area (Å²) < 4.78 is 24.4. The highest BCUT2D eigenvalue weighted by Crippen LogP contribution is 2.38. The third-order valence-electron chi connectivity index (χ3n) is 5.49. The molecule has 0 saturated heterocycles. The van der Waals surface area contributed by atoms with Crippen molar-refractivity contribution >= 4 is 45.0 Å². The van der Waals surface area contributed by atoms with Crippen LogP contribution in [0.5, 0.6) is 11.5 Å². The molecule has 0 saturated carbocycles. The standard InChI is InChI=1S/C22H28Cl2N4O6/c1-31-9-5-7-27-13(11-23)25-17-15(21(27)29)19(33-3)18-16(20(17)34-4)22(30)28(8-6-10-32-2)14(12-24)26-18/h5-12H2,1-4H3. The number of fused-ring (bicyclic) bond motifs is 2. The van der Waals surface area contributed by atoms with E-state index in [-0.39, 0.29) is 56.2 Å². The summed E-state index contributed by atoms with van der Waals surface area (Å²) in [6, 6.07) is 0. The number of nitrogens with zero attached hydrogens (tertiary/aromatic N) is 4. The summed E-state index contributed by atoms with van der Waals surface area (Å²) in [6.45, 7) is 1.63. The van der Waals surface area contributed by atoms with Crippen molar-refractivity contribution in [1.82, 2.24) is 19.1 Å². The molecule has 186 valence electrons. The van der Waals surface area contributed by atoms with Crippen LogP contribution in [0.3, 0.4) is 0 Å². The number of rotatable bonds is 12. The Morgan fingerprint density at radius 3 is 1.38 bits per heavy atom. The number of methoxy groups -OCH3 is 4. The first-order valence-electron chi connectivity index (χ1n) is 10.7. The molecular formula is C22H28Cl2N4O6. The van der Waals surface area contributed by atoms with Gasteiger partial charge in [-0.1, -0.05) is 0 Å². The number of ether oxygens (including phenoxy) is 4. The minimum atomic E-state index is -0.368. The fourth-order valence-electron chi connectivity index (χ4n) is 3.97. The van der Waals surface area contributed by atoms with Gasteiger partial charge in [-0.3, -0.25) is 18.7 Å². The molecule has 34 heavy (non-hydrogen) atoms. The molecule has 0 N–H and O–H groups in total. The van der Waals surface area contributed by atoms with Crippen molar-refractivity contribution in [2.45, 2.75) is 37.7 Å². The lowest BCUT2D eigenvalue weighted by atomic mass is 10.1. The molecule has 2 heterocycles. The van der Waals surface area contributed by atoms with Crippen LogP contribution in [0.25, 0.3) is 21.8 Å². The lowest BCUT2D eigenvalue weighted by molar-refractivity contribution is 0.189. The van der Waals surface area contributed by atoms with E-state index in [4.69, 9.17) is 42.1 Å². The van der Waals surface area contributed by atoms with Crippen molar-refractivity contribution in [1.29, 1.82) is 0 Å². The molecule has 0 aliphatic rings. The molecule has 0 aliphatic carbocycles. The van der Waals surface area contributed by atoms with Crippen molar-refractivity contribution in [2.24, 2.45) is 0 Å². The number of halogens is 2. The van der Waals surface area contributed by atoms with Crippen LogP contribution >= 0.6 is 23.2 Å². The maximum Gasteiger partial charge on any atom is 0.265 e. The van der Waals surface area contributed by atoms with Crippen LogP contribution in [-0.2, 0) is 34.3 Å². The predicted molar refractivity (Wildman–Crippen MR) is 131 cm³/mol. The first-order chi connectivity index (χ1) is 16.5. The van der Waals surface area contributed by atoms with Gasteiger partial charge in [0.15, 0.2) is 11.5 Å². The zero-order valence-electron chi connectivity index (χ0n) is 19.7. The smallest absolute Gasteiger partial charge is 0.265 e. The van der Waals surface area contributed by atoms with E-state index in [1.165, 1.54) is 23.4 Å². The SMILES string of the molecule is COCCCn1c(CCl)nc2c(OC)c3c(=O)n(CCCOC)c(CCl)nc3c(OC)c2c1=O. The van der Waals surface area contributed by atoms with Crippen LogP contribution in [0.4, 0.5) is 0 Å². The summed E-state index contributed by atoms with van der Waals surface area (Å²) in [5.74, 6) is 0.954. The second-order valence-electron chi connectivity index (χ2n) is 7.44. The summed E-state index contributed by atoms with van der Waals surface area (Å²) in [6.07, 6.45) is 1.17. The van der Waals surface area contributed by atoms with E-state index < -0.39 is 0 Å². The number of hydrogen-bond acceptors (Lipinski definition) is 8. The average Bonchev–Trinajstić information content (AvgIpc) is 2.85. The molecular weight excluding hydrogens is 487 g/mol. The molecule has 2 aromatic heterocycles. The first-order valence-corrected chi connectivity index (χ1v) is 11.8. The predicted octanol–water partition coefficient (Wildman–Crippen LogP) is 2.67. The summed E-state index contributed by atoms with van der Waals surface area (Å²) in [7, 11) is 6.01. The van der Waals surface area contributed by atoms with E-state index in [9.17, 15) is 9.59 Å². The molecule has 12 heteroatoms. The topological polar surface area (TPSA) is 107 Å². The summed E-state index contributed by atoms with van der Waals surface area (Å²) in [5, 5.41) is 0.311. The molecule has 10 nitrogen and oxygen atoms in total. The Kier molecular flexibility index (Phi) is 9.12. The van der Waals surface area contributed by atoms with E-state index in [2.05, 4.69) is 9.97 Å². The fourth-order valence-corrected chi connectivity index (χ4v) is 4.38. The minimum Gasteiger partial charge on any atom is -0.494 e. The van der Waals surface area contributed by atoms with Crippen molar-refractivity contribution in [2.75, 3.05) is 41.7 Å². The Balaban J connectivity index is 2.46. The normalized spacial score (nSPS) is 11.5. The molecule has 3 aromatic rings. The monoisotopic (exact) mass is 514 g/mol. The quantitative estimate of drug-likeness (QED) is 0.206. The molecule has 0 atom stereocenters. The molecule has 0 aliphatic heterocycles. The minimum absolute atomic E-state index is 0.00758. The van der Waals surface area contributed by atoms with E-state index >= 15 is 0 Å². The molecule has 0 unspecified atom stereocenters. The zero-order valence-corrected chi connectivity index (χ0v) is 21.2. The lowest BCUT2D eigenvalue weighted by Crippen LogP contribution is -2.28. The van der Waals surface area contributed by atoms with Gasteiger partial charge in [-0.15, -0.1) is 23.2 Å². The van der Waals surface area contributed by atoms with Gasteiger partial charge in [-0.2, -0.15) is 0 Å². The number of alkyl halides is 2.